The molecular formula is C10H16O2S. The van der Waals surface area contributed by atoms with Crippen LogP contribution in [0.25, 0.3) is 0 Å². The van der Waals surface area contributed by atoms with Crippen molar-refractivity contribution in [3.05, 3.63) is 12.2 Å². The van der Waals surface area contributed by atoms with Crippen LogP contribution in [0.2, 0.25) is 0 Å². The Morgan fingerprint density at radius 1 is 1.38 bits per heavy atom. The molecule has 0 saturated carbocycles. The van der Waals surface area contributed by atoms with E-state index >= 15 is 0 Å². The molecular weight excluding hydrogens is 184 g/mol. The van der Waals surface area contributed by atoms with E-state index in [0.29, 0.717) is 13.0 Å². The topological polar surface area (TPSA) is 26.3 Å². The Morgan fingerprint density at radius 3 is 3.00 bits per heavy atom. The second-order valence-corrected chi connectivity index (χ2v) is 4.01. The molecule has 1 rings (SSSR count). The van der Waals surface area contributed by atoms with Crippen LogP contribution in [-0.2, 0) is 9.53 Å². The highest BCUT2D eigenvalue weighted by atomic mass is 32.1. The van der Waals surface area contributed by atoms with Gasteiger partial charge in [-0.3, -0.25) is 4.79 Å². The maximum atomic E-state index is 11.1. The van der Waals surface area contributed by atoms with E-state index in [1.807, 2.05) is 0 Å². The van der Waals surface area contributed by atoms with Gasteiger partial charge in [0.1, 0.15) is 6.61 Å². The zero-order chi connectivity index (χ0) is 9.52. The summed E-state index contributed by atoms with van der Waals surface area (Å²) >= 11 is 4.34. The standard InChI is InChI=1S/C10H16O2S/c11-10-7-5-3-1-2-4-6-9(13)8-12-10/h1,3,9,13H,2,4-8H2. The summed E-state index contributed by atoms with van der Waals surface area (Å²) in [7, 11) is 0. The lowest BCUT2D eigenvalue weighted by Crippen LogP contribution is -2.13. The average Bonchev–Trinajstić information content (AvgIpc) is 2.15. The minimum absolute atomic E-state index is 0.106. The van der Waals surface area contributed by atoms with Crippen molar-refractivity contribution in [3.8, 4) is 0 Å². The summed E-state index contributed by atoms with van der Waals surface area (Å²) in [6, 6.07) is 0. The molecule has 1 aliphatic heterocycles. The maximum Gasteiger partial charge on any atom is 0.306 e. The van der Waals surface area contributed by atoms with Crippen LogP contribution in [0.5, 0.6) is 0 Å². The van der Waals surface area contributed by atoms with E-state index in [9.17, 15) is 4.79 Å². The molecule has 1 atom stereocenters. The zero-order valence-electron chi connectivity index (χ0n) is 7.74. The number of thiol groups is 1. The van der Waals surface area contributed by atoms with Gasteiger partial charge in [-0.2, -0.15) is 12.6 Å². The van der Waals surface area contributed by atoms with Crippen molar-refractivity contribution in [3.63, 3.8) is 0 Å². The monoisotopic (exact) mass is 200 g/mol. The number of cyclic esters (lactones) is 1. The van der Waals surface area contributed by atoms with Gasteiger partial charge >= 0.3 is 5.97 Å². The van der Waals surface area contributed by atoms with Crippen LogP contribution >= 0.6 is 12.6 Å². The number of hydrogen-bond donors (Lipinski definition) is 1. The highest BCUT2D eigenvalue weighted by molar-refractivity contribution is 7.81. The molecule has 1 unspecified atom stereocenters. The highest BCUT2D eigenvalue weighted by Crippen LogP contribution is 2.10. The Morgan fingerprint density at radius 2 is 2.15 bits per heavy atom. The molecule has 0 fully saturated rings. The Labute approximate surface area is 84.8 Å². The molecule has 0 aromatic rings. The molecule has 1 heterocycles. The van der Waals surface area contributed by atoms with Crippen molar-refractivity contribution in [1.29, 1.82) is 0 Å². The third-order valence-corrected chi connectivity index (χ3v) is 2.43. The van der Waals surface area contributed by atoms with Crippen LogP contribution in [0.4, 0.5) is 0 Å². The first-order valence-electron chi connectivity index (χ1n) is 4.78. The summed E-state index contributed by atoms with van der Waals surface area (Å²) in [4.78, 5) is 11.1. The number of esters is 1. The van der Waals surface area contributed by atoms with Crippen molar-refractivity contribution >= 4 is 18.6 Å². The third-order valence-electron chi connectivity index (χ3n) is 2.03. The van der Waals surface area contributed by atoms with Gasteiger partial charge in [-0.1, -0.05) is 12.2 Å². The number of hydrogen-bond acceptors (Lipinski definition) is 3. The van der Waals surface area contributed by atoms with Gasteiger partial charge in [-0.25, -0.2) is 0 Å². The Hall–Kier alpha value is -0.440. The summed E-state index contributed by atoms with van der Waals surface area (Å²) in [5, 5.41) is 0.204. The van der Waals surface area contributed by atoms with Crippen LogP contribution in [0.1, 0.15) is 32.1 Å². The minimum atomic E-state index is -0.106. The van der Waals surface area contributed by atoms with E-state index in [1.54, 1.807) is 0 Å². The lowest BCUT2D eigenvalue weighted by Gasteiger charge is -2.09. The van der Waals surface area contributed by atoms with Gasteiger partial charge in [0.25, 0.3) is 0 Å². The van der Waals surface area contributed by atoms with E-state index in [-0.39, 0.29) is 11.2 Å². The van der Waals surface area contributed by atoms with E-state index in [0.717, 1.165) is 25.7 Å². The Bertz CT molecular complexity index is 189. The summed E-state index contributed by atoms with van der Waals surface area (Å²) < 4.78 is 5.04. The minimum Gasteiger partial charge on any atom is -0.464 e. The number of carbonyl (C=O) groups is 1. The molecule has 0 spiro atoms. The second-order valence-electron chi connectivity index (χ2n) is 3.28. The van der Waals surface area contributed by atoms with Gasteiger partial charge < -0.3 is 4.74 Å². The van der Waals surface area contributed by atoms with E-state index in [4.69, 9.17) is 4.74 Å². The molecule has 0 amide bonds. The van der Waals surface area contributed by atoms with Crippen LogP contribution in [0, 0.1) is 0 Å². The molecule has 0 aliphatic carbocycles. The SMILES string of the molecule is O=C1CCC=CCCCC(S)CO1. The van der Waals surface area contributed by atoms with Crippen molar-refractivity contribution < 1.29 is 9.53 Å². The predicted octanol–water partition coefficient (Wildman–Crippen LogP) is 2.35. The van der Waals surface area contributed by atoms with Gasteiger partial charge in [-0.05, 0) is 25.7 Å². The first-order chi connectivity index (χ1) is 6.29. The average molecular weight is 200 g/mol. The maximum absolute atomic E-state index is 11.1. The predicted molar refractivity (Wildman–Crippen MR) is 56.0 cm³/mol. The summed E-state index contributed by atoms with van der Waals surface area (Å²) in [6.45, 7) is 0.460. The van der Waals surface area contributed by atoms with E-state index in [1.165, 1.54) is 0 Å². The molecule has 0 radical (unpaired) electrons. The molecule has 1 aliphatic rings. The largest absolute Gasteiger partial charge is 0.464 e. The summed E-state index contributed by atoms with van der Waals surface area (Å²) in [6.07, 6.45) is 8.72. The molecule has 74 valence electrons. The molecule has 0 saturated heterocycles. The van der Waals surface area contributed by atoms with Crippen molar-refractivity contribution in [1.82, 2.24) is 0 Å². The molecule has 0 N–H and O–H groups in total. The van der Waals surface area contributed by atoms with Crippen molar-refractivity contribution in [2.75, 3.05) is 6.61 Å². The summed E-state index contributed by atoms with van der Waals surface area (Å²) in [5.74, 6) is -0.106. The first-order valence-corrected chi connectivity index (χ1v) is 5.29. The Balaban J connectivity index is 2.37. The quantitative estimate of drug-likeness (QED) is 0.369. The van der Waals surface area contributed by atoms with Gasteiger partial charge in [0.2, 0.25) is 0 Å². The van der Waals surface area contributed by atoms with Gasteiger partial charge in [0.15, 0.2) is 0 Å². The third kappa shape index (κ3) is 4.98. The molecule has 3 heteroatoms. The fourth-order valence-electron chi connectivity index (χ4n) is 1.25. The lowest BCUT2D eigenvalue weighted by molar-refractivity contribution is -0.143. The smallest absolute Gasteiger partial charge is 0.306 e. The fraction of sp³-hybridized carbons (Fsp3) is 0.700. The molecule has 0 aromatic carbocycles. The van der Waals surface area contributed by atoms with Gasteiger partial charge in [-0.15, -0.1) is 0 Å². The zero-order valence-corrected chi connectivity index (χ0v) is 8.63. The van der Waals surface area contributed by atoms with Gasteiger partial charge in [0, 0.05) is 11.7 Å². The normalized spacial score (nSPS) is 26.2. The van der Waals surface area contributed by atoms with Crippen LogP contribution in [-0.4, -0.2) is 17.8 Å². The van der Waals surface area contributed by atoms with Crippen LogP contribution in [0.3, 0.4) is 0 Å². The molecule has 13 heavy (non-hydrogen) atoms. The van der Waals surface area contributed by atoms with Crippen LogP contribution in [0.15, 0.2) is 12.2 Å². The molecule has 0 bridgehead atoms. The first kappa shape index (κ1) is 10.6. The van der Waals surface area contributed by atoms with Crippen LogP contribution < -0.4 is 0 Å². The van der Waals surface area contributed by atoms with Crippen molar-refractivity contribution in [2.24, 2.45) is 0 Å². The van der Waals surface area contributed by atoms with E-state index in [2.05, 4.69) is 24.8 Å². The van der Waals surface area contributed by atoms with E-state index < -0.39 is 0 Å². The number of ether oxygens (including phenoxy) is 1. The van der Waals surface area contributed by atoms with Gasteiger partial charge in [0.05, 0.1) is 0 Å². The second kappa shape index (κ2) is 6.08. The molecule has 2 nitrogen and oxygen atoms in total. The molecule has 0 aromatic heterocycles. The number of carbonyl (C=O) groups excluding carboxylic acids is 1. The number of allylic oxidation sites excluding steroid dienone is 2. The summed E-state index contributed by atoms with van der Waals surface area (Å²) in [5.41, 5.74) is 0. The fourth-order valence-corrected chi connectivity index (χ4v) is 1.51. The Kier molecular flexibility index (Phi) is 4.98. The highest BCUT2D eigenvalue weighted by Gasteiger charge is 2.07. The van der Waals surface area contributed by atoms with Crippen molar-refractivity contribution in [2.45, 2.75) is 37.4 Å². The number of rotatable bonds is 0. The lowest BCUT2D eigenvalue weighted by atomic mass is 10.2.